The van der Waals surface area contributed by atoms with Crippen molar-refractivity contribution in [1.82, 2.24) is 19.9 Å². The summed E-state index contributed by atoms with van der Waals surface area (Å²) in [6.45, 7) is 8.58. The molecule has 0 aliphatic heterocycles. The van der Waals surface area contributed by atoms with E-state index in [0.717, 1.165) is 0 Å². The molecule has 0 aliphatic rings. The third kappa shape index (κ3) is 201. The average molecular weight is 1750 g/mol. The molecule has 4 radical (unpaired) electrons. The molecule has 0 bridgehead atoms. The molecule has 4 rings (SSSR count). The van der Waals surface area contributed by atoms with Crippen molar-refractivity contribution in [1.29, 1.82) is 31.6 Å². The maximum absolute atomic E-state index is 11.8. The summed E-state index contributed by atoms with van der Waals surface area (Å²) in [4.78, 5) is 81.0. The Hall–Kier alpha value is -8.45. The Morgan fingerprint density at radius 1 is 0.295 bits per heavy atom. The number of pyridine rings is 4. The fraction of sp³-hybridized carbons (Fsp3) is 0.235. The minimum absolute atomic E-state index is 0. The van der Waals surface area contributed by atoms with Crippen molar-refractivity contribution in [3.63, 3.8) is 0 Å². The van der Waals surface area contributed by atoms with E-state index in [1.54, 1.807) is 84.9 Å². The minimum Gasteiger partial charge on any atom is -0.870 e. The van der Waals surface area contributed by atoms with Gasteiger partial charge >= 0.3 is 145 Å². The maximum Gasteiger partial charge on any atom is 3.00 e. The largest absolute Gasteiger partial charge is 3.00 e. The summed E-state index contributed by atoms with van der Waals surface area (Å²) in [5.41, 5.74) is -0.264. The smallest absolute Gasteiger partial charge is 0.870 e. The van der Waals surface area contributed by atoms with Crippen LogP contribution in [0.1, 0.15) is 64.3 Å². The normalized spacial score (nSPS) is 6.59. The molecule has 0 aliphatic carbocycles. The Morgan fingerprint density at radius 3 is 0.432 bits per heavy atom. The van der Waals surface area contributed by atoms with E-state index in [2.05, 4.69) is 19.9 Å². The van der Waals surface area contributed by atoms with Crippen LogP contribution in [0.15, 0.2) is 97.6 Å². The van der Waals surface area contributed by atoms with Crippen LogP contribution in [0.2, 0.25) is 0 Å². The van der Waals surface area contributed by atoms with E-state index in [9.17, 15) is 20.4 Å². The van der Waals surface area contributed by atoms with E-state index in [1.807, 2.05) is 0 Å². The molecule has 0 aromatic carbocycles. The summed E-state index contributed by atoms with van der Waals surface area (Å²) in [7, 11) is 0. The van der Waals surface area contributed by atoms with E-state index in [1.165, 1.54) is 90.6 Å². The first-order valence-electron chi connectivity index (χ1n) is 17.6. The molecule has 0 fully saturated rings. The molecule has 88 heavy (non-hydrogen) atoms. The van der Waals surface area contributed by atoms with Crippen LogP contribution < -0.4 is 20.4 Å². The Kier molecular flexibility index (Phi) is 173. The van der Waals surface area contributed by atoms with Crippen LogP contribution in [0.25, 0.3) is 0 Å². The third-order valence-electron chi connectivity index (χ3n) is 4.01. The second-order valence-corrected chi connectivity index (χ2v) is 9.22. The van der Waals surface area contributed by atoms with Crippen molar-refractivity contribution in [3.8, 4) is 36.4 Å². The topological polar surface area (TPSA) is 876 Å². The van der Waals surface area contributed by atoms with Gasteiger partial charge in [-0.1, -0.05) is 24.3 Å². The van der Waals surface area contributed by atoms with Crippen molar-refractivity contribution >= 4 is 0 Å². The van der Waals surface area contributed by atoms with Crippen LogP contribution >= 0.6 is 0 Å². The Bertz CT molecular complexity index is 2050. The standard InChI is InChI=1S/2C11H8N2O2.6C2H3N.4Cu.8NO3.2H2O.2Tb/c2*14-11(15,9-5-1-3-7-12-9)10-6-2-4-8-13-10;6*1-2-3;;;;;8*2-1(3)4;;;;/h2*1-8H;6*1H3;;;;;;;;;;;;;2*1H2;;/q2*-2;;;;;;;4*+2;8*-1;;;2*+3/p-2. The zero-order chi connectivity index (χ0) is 66.3. The minimum atomic E-state index is -2.64. The Labute approximate surface area is 596 Å². The first kappa shape index (κ1) is 138. The summed E-state index contributed by atoms with van der Waals surface area (Å²) in [6, 6.07) is 29.2. The zero-order valence-electron chi connectivity index (χ0n) is 43.5. The van der Waals surface area contributed by atoms with Gasteiger partial charge < -0.3 is 154 Å². The van der Waals surface area contributed by atoms with E-state index in [4.69, 9.17) is 154 Å². The summed E-state index contributed by atoms with van der Waals surface area (Å²) < 4.78 is 0. The van der Waals surface area contributed by atoms with Crippen LogP contribution in [-0.2, 0) is 79.8 Å². The summed E-state index contributed by atoms with van der Waals surface area (Å²) >= 11 is 0. The van der Waals surface area contributed by atoms with Crippen molar-refractivity contribution in [3.05, 3.63) is 243 Å². The summed E-state index contributed by atoms with van der Waals surface area (Å²) in [5, 5.41) is 209. The van der Waals surface area contributed by atoms with Gasteiger partial charge in [0, 0.05) is 89.1 Å². The molecule has 4 aromatic heterocycles. The average Bonchev–Trinajstić information content (AvgIpc) is 3.31. The molecule has 504 valence electrons. The predicted octanol–water partition coefficient (Wildman–Crippen LogP) is -0.301. The van der Waals surface area contributed by atoms with Gasteiger partial charge in [-0.05, 0) is 48.5 Å². The second kappa shape index (κ2) is 110. The van der Waals surface area contributed by atoms with E-state index in [-0.39, 0.29) is 179 Å². The van der Waals surface area contributed by atoms with Gasteiger partial charge in [0.05, 0.1) is 77.1 Å². The van der Waals surface area contributed by atoms with E-state index >= 15 is 0 Å². The van der Waals surface area contributed by atoms with Gasteiger partial charge in [0.15, 0.2) is 0 Å². The predicted molar refractivity (Wildman–Crippen MR) is 253 cm³/mol. The molecular weight excluding hydrogens is 1710 g/mol. The molecule has 0 saturated heterocycles. The number of hydrogen-bond acceptors (Lipinski definition) is 40. The van der Waals surface area contributed by atoms with Gasteiger partial charge in [-0.15, -0.1) is 11.6 Å². The quantitative estimate of drug-likeness (QED) is 0.110. The van der Waals surface area contributed by atoms with Crippen LogP contribution in [0.3, 0.4) is 0 Å². The Balaban J connectivity index is -0.0000000327. The molecule has 48 nitrogen and oxygen atoms in total. The molecule has 4 heterocycles. The van der Waals surface area contributed by atoms with Crippen molar-refractivity contribution in [2.75, 3.05) is 0 Å². The van der Waals surface area contributed by atoms with Gasteiger partial charge in [0.2, 0.25) is 0 Å². The first-order valence-corrected chi connectivity index (χ1v) is 17.6. The molecule has 54 heteroatoms. The number of nitrogens with zero attached hydrogens (tertiary/aromatic N) is 18. The second-order valence-electron chi connectivity index (χ2n) is 9.22. The van der Waals surface area contributed by atoms with Crippen molar-refractivity contribution < 1.29 is 218 Å². The van der Waals surface area contributed by atoms with Gasteiger partial charge in [-0.2, -0.15) is 31.6 Å². The zero-order valence-corrected chi connectivity index (χ0v) is 51.5. The molecule has 4 aromatic rings. The van der Waals surface area contributed by atoms with Crippen molar-refractivity contribution in [2.45, 2.75) is 53.1 Å². The van der Waals surface area contributed by atoms with Gasteiger partial charge in [0.25, 0.3) is 0 Å². The van der Waals surface area contributed by atoms with Crippen LogP contribution in [0, 0.1) is 268 Å². The third-order valence-corrected chi connectivity index (χ3v) is 4.01. The van der Waals surface area contributed by atoms with Crippen LogP contribution in [0.5, 0.6) is 0 Å². The molecular formula is C34H36Cu4N18O30Tb2. The SMILES string of the molecule is CC#N.CC#N.CC#N.CC#N.CC#N.CC#N.O=[N+]([O-])[O-].O=[N+]([O-])[O-].O=[N+]([O-])[O-].O=[N+]([O-])[O-].O=[N+]([O-])[O-].O=[N+]([O-])[O-].O=[N+]([O-])[O-].O=[N+]([O-])[O-].[Cu+2].[Cu+2].[Cu+2].[Cu+2].[O-]C([O-])(c1ccccn1)c1ccccn1.[O-]C([O-])(c1ccccn1)c1ccccn1.[OH-].[OH-].[Tb+3].[Tb+3]. The van der Waals surface area contributed by atoms with Crippen LogP contribution in [-0.4, -0.2) is 71.6 Å². The maximum atomic E-state index is 11.8. The molecule has 0 amide bonds. The number of rotatable bonds is 4. The molecule has 0 unspecified atom stereocenters. The molecule has 0 spiro atoms. The van der Waals surface area contributed by atoms with Gasteiger partial charge in [-0.25, -0.2) is 0 Å². The van der Waals surface area contributed by atoms with Gasteiger partial charge in [-0.3, -0.25) is 19.9 Å². The number of aromatic nitrogens is 4. The summed E-state index contributed by atoms with van der Waals surface area (Å²) in [5.74, 6) is -5.27. The van der Waals surface area contributed by atoms with Gasteiger partial charge in [0.1, 0.15) is 0 Å². The monoisotopic (exact) mass is 1750 g/mol. The van der Waals surface area contributed by atoms with E-state index < -0.39 is 52.3 Å². The fourth-order valence-corrected chi connectivity index (χ4v) is 2.49. The molecule has 0 saturated carbocycles. The number of nitriles is 6. The summed E-state index contributed by atoms with van der Waals surface area (Å²) in [6.07, 6.45) is 5.68. The fourth-order valence-electron chi connectivity index (χ4n) is 2.49. The first-order chi connectivity index (χ1) is 36.8. The molecule has 0 atom stereocenters. The van der Waals surface area contributed by atoms with Crippen LogP contribution in [0.4, 0.5) is 0 Å². The number of hydrogen-bond donors (Lipinski definition) is 0. The van der Waals surface area contributed by atoms with Crippen molar-refractivity contribution in [2.24, 2.45) is 0 Å². The van der Waals surface area contributed by atoms with E-state index in [0.29, 0.717) is 0 Å². The Morgan fingerprint density at radius 2 is 0.375 bits per heavy atom. The molecule has 2 N–H and O–H groups in total.